The van der Waals surface area contributed by atoms with E-state index in [1.807, 2.05) is 13.8 Å². The van der Waals surface area contributed by atoms with Crippen molar-refractivity contribution < 1.29 is 26.9 Å². The van der Waals surface area contributed by atoms with Crippen molar-refractivity contribution in [1.82, 2.24) is 0 Å². The summed E-state index contributed by atoms with van der Waals surface area (Å²) >= 11 is 0. The quantitative estimate of drug-likeness (QED) is 0.187. The van der Waals surface area contributed by atoms with E-state index >= 15 is 0 Å². The van der Waals surface area contributed by atoms with Gasteiger partial charge in [-0.05, 0) is 32.1 Å². The highest BCUT2D eigenvalue weighted by Crippen LogP contribution is 2.33. The van der Waals surface area contributed by atoms with Crippen molar-refractivity contribution in [2.24, 2.45) is 0 Å². The van der Waals surface area contributed by atoms with Crippen molar-refractivity contribution in [3.05, 3.63) is 22.9 Å². The molecule has 0 amide bonds. The summed E-state index contributed by atoms with van der Waals surface area (Å²) in [6.45, 7) is 4.62. The number of unbranched alkanes of at least 4 members (excludes halogenated alkanes) is 2. The SMILES string of the molecule is CCCCOC([O])(CCCC1=C([Si](F)(F)F)C=CC1)OCCCC. The van der Waals surface area contributed by atoms with Crippen LogP contribution in [0.25, 0.3) is 0 Å². The molecule has 0 unspecified atom stereocenters. The Morgan fingerprint density at radius 2 is 1.67 bits per heavy atom. The molecule has 0 saturated heterocycles. The first-order valence-electron chi connectivity index (χ1n) is 8.76. The molecule has 0 aromatic rings. The molecule has 3 nitrogen and oxygen atoms in total. The van der Waals surface area contributed by atoms with Crippen LogP contribution in [0.4, 0.5) is 12.3 Å². The monoisotopic (exact) mass is 365 g/mol. The molecule has 7 heteroatoms. The van der Waals surface area contributed by atoms with Crippen molar-refractivity contribution in [1.29, 1.82) is 0 Å². The zero-order valence-electron chi connectivity index (χ0n) is 14.6. The molecule has 0 aliphatic heterocycles. The molecule has 0 saturated carbocycles. The highest BCUT2D eigenvalue weighted by molar-refractivity contribution is 6.68. The molecule has 1 radical (unpaired) electrons. The summed E-state index contributed by atoms with van der Waals surface area (Å²) < 4.78 is 49.7. The number of ether oxygens (including phenoxy) is 2. The molecule has 0 aromatic heterocycles. The Kier molecular flexibility index (Phi) is 9.26. The van der Waals surface area contributed by atoms with Crippen molar-refractivity contribution >= 4 is 9.08 Å². The molecule has 1 rings (SSSR count). The summed E-state index contributed by atoms with van der Waals surface area (Å²) in [5.41, 5.74) is 0.402. The Morgan fingerprint density at radius 1 is 1.08 bits per heavy atom. The standard InChI is InChI=1S/C17H28F3O3Si/c1-3-5-13-22-17(21,23-14-6-4-2)12-8-10-15-9-7-11-16(15)24(18,19)20/h7,11H,3-6,8-10,12-14H2,1-2H3. The van der Waals surface area contributed by atoms with Crippen LogP contribution in [0.15, 0.2) is 22.9 Å². The van der Waals surface area contributed by atoms with E-state index in [1.54, 1.807) is 6.08 Å². The summed E-state index contributed by atoms with van der Waals surface area (Å²) in [5, 5.41) is 12.2. The molecule has 0 heterocycles. The van der Waals surface area contributed by atoms with Crippen LogP contribution in [-0.2, 0) is 14.6 Å². The second-order valence-corrected chi connectivity index (χ2v) is 7.60. The maximum atomic E-state index is 13.0. The molecule has 0 atom stereocenters. The molecule has 1 aliphatic carbocycles. The highest BCUT2D eigenvalue weighted by Gasteiger charge is 2.43. The molecule has 0 fully saturated rings. The maximum Gasteiger partial charge on any atom is 0.653 e. The van der Waals surface area contributed by atoms with E-state index in [4.69, 9.17) is 9.47 Å². The Morgan fingerprint density at radius 3 is 2.17 bits per heavy atom. The van der Waals surface area contributed by atoms with Gasteiger partial charge in [-0.2, -0.15) is 5.11 Å². The van der Waals surface area contributed by atoms with Crippen LogP contribution in [0.2, 0.25) is 0 Å². The van der Waals surface area contributed by atoms with Crippen molar-refractivity contribution in [3.63, 3.8) is 0 Å². The van der Waals surface area contributed by atoms with E-state index < -0.39 is 20.2 Å². The molecule has 24 heavy (non-hydrogen) atoms. The Balaban J connectivity index is 2.54. The van der Waals surface area contributed by atoms with Gasteiger partial charge in [0.25, 0.3) is 0 Å². The fourth-order valence-electron chi connectivity index (χ4n) is 2.53. The number of hydrogen-bond donors (Lipinski definition) is 0. The van der Waals surface area contributed by atoms with Gasteiger partial charge in [-0.1, -0.05) is 44.4 Å². The van der Waals surface area contributed by atoms with Gasteiger partial charge in [0.05, 0.1) is 13.2 Å². The minimum absolute atomic E-state index is 0.0661. The summed E-state index contributed by atoms with van der Waals surface area (Å²) in [6, 6.07) is 0. The fraction of sp³-hybridized carbons (Fsp3) is 0.765. The molecular weight excluding hydrogens is 337 g/mol. The minimum Gasteiger partial charge on any atom is -0.326 e. The first kappa shape index (κ1) is 21.4. The first-order chi connectivity index (χ1) is 11.3. The average molecular weight is 365 g/mol. The van der Waals surface area contributed by atoms with Gasteiger partial charge in [0, 0.05) is 11.6 Å². The topological polar surface area (TPSA) is 38.4 Å². The van der Waals surface area contributed by atoms with Gasteiger partial charge in [0.1, 0.15) is 0 Å². The Bertz CT molecular complexity index is 423. The van der Waals surface area contributed by atoms with Crippen molar-refractivity contribution in [2.75, 3.05) is 13.2 Å². The van der Waals surface area contributed by atoms with E-state index in [-0.39, 0.29) is 12.8 Å². The molecule has 0 N–H and O–H groups in total. The first-order valence-corrected chi connectivity index (χ1v) is 10.4. The van der Waals surface area contributed by atoms with Gasteiger partial charge in [0.15, 0.2) is 0 Å². The number of hydrogen-bond acceptors (Lipinski definition) is 2. The molecule has 0 bridgehead atoms. The lowest BCUT2D eigenvalue weighted by Gasteiger charge is -2.26. The largest absolute Gasteiger partial charge is 0.653 e. The lowest BCUT2D eigenvalue weighted by molar-refractivity contribution is -0.391. The van der Waals surface area contributed by atoms with E-state index in [1.165, 1.54) is 6.08 Å². The summed E-state index contributed by atoms with van der Waals surface area (Å²) in [4.78, 5) is 0. The zero-order chi connectivity index (χ0) is 18.1. The molecular formula is C17H28F3O3Si. The zero-order valence-corrected chi connectivity index (χ0v) is 15.6. The molecule has 0 spiro atoms. The Hall–Kier alpha value is -0.633. The highest BCUT2D eigenvalue weighted by atomic mass is 28.5. The smallest absolute Gasteiger partial charge is 0.326 e. The molecule has 139 valence electrons. The summed E-state index contributed by atoms with van der Waals surface area (Å²) in [5.74, 6) is -1.94. The third-order valence-electron chi connectivity index (χ3n) is 3.94. The second-order valence-electron chi connectivity index (χ2n) is 6.06. The van der Waals surface area contributed by atoms with Gasteiger partial charge >= 0.3 is 15.0 Å². The van der Waals surface area contributed by atoms with Gasteiger partial charge in [-0.25, -0.2) is 12.3 Å². The lowest BCUT2D eigenvalue weighted by Crippen LogP contribution is -2.35. The third-order valence-corrected chi connectivity index (χ3v) is 5.07. The average Bonchev–Trinajstić information content (AvgIpc) is 2.96. The van der Waals surface area contributed by atoms with Gasteiger partial charge < -0.3 is 9.47 Å². The molecule has 0 aromatic carbocycles. The second kappa shape index (κ2) is 10.4. The van der Waals surface area contributed by atoms with Crippen molar-refractivity contribution in [3.8, 4) is 0 Å². The maximum absolute atomic E-state index is 13.0. The normalized spacial score (nSPS) is 15.6. The molecule has 1 aliphatic rings. The van der Waals surface area contributed by atoms with Crippen LogP contribution in [0.1, 0.15) is 65.2 Å². The van der Waals surface area contributed by atoms with Crippen LogP contribution in [-0.4, -0.2) is 28.3 Å². The van der Waals surface area contributed by atoms with Crippen LogP contribution < -0.4 is 0 Å². The minimum atomic E-state index is -5.78. The Labute approximate surface area is 144 Å². The lowest BCUT2D eigenvalue weighted by atomic mass is 10.1. The van der Waals surface area contributed by atoms with Crippen LogP contribution in [0, 0.1) is 0 Å². The van der Waals surface area contributed by atoms with E-state index in [0.717, 1.165) is 25.7 Å². The van der Waals surface area contributed by atoms with Crippen molar-refractivity contribution in [2.45, 2.75) is 71.2 Å². The van der Waals surface area contributed by atoms with Crippen LogP contribution >= 0.6 is 0 Å². The summed E-state index contributed by atoms with van der Waals surface area (Å²) in [6.07, 6.45) is 7.08. The summed E-state index contributed by atoms with van der Waals surface area (Å²) in [7, 11) is -5.78. The van der Waals surface area contributed by atoms with Crippen LogP contribution in [0.5, 0.6) is 0 Å². The van der Waals surface area contributed by atoms with Gasteiger partial charge in [0.2, 0.25) is 0 Å². The van der Waals surface area contributed by atoms with E-state index in [0.29, 0.717) is 31.6 Å². The third kappa shape index (κ3) is 7.50. The number of rotatable bonds is 13. The van der Waals surface area contributed by atoms with Crippen LogP contribution in [0.3, 0.4) is 0 Å². The van der Waals surface area contributed by atoms with Gasteiger partial charge in [-0.15, -0.1) is 0 Å². The predicted molar refractivity (Wildman–Crippen MR) is 88.8 cm³/mol. The van der Waals surface area contributed by atoms with E-state index in [2.05, 4.69) is 0 Å². The fourth-order valence-corrected chi connectivity index (χ4v) is 3.46. The predicted octanol–water partition coefficient (Wildman–Crippen LogP) is 5.52. The number of allylic oxidation sites excluding steroid dienone is 4. The van der Waals surface area contributed by atoms with Gasteiger partial charge in [-0.3, -0.25) is 0 Å². The van der Waals surface area contributed by atoms with E-state index in [9.17, 15) is 17.4 Å². The number of halogens is 3.